The van der Waals surface area contributed by atoms with Gasteiger partial charge in [0, 0.05) is 6.20 Å². The van der Waals surface area contributed by atoms with Gasteiger partial charge in [0.05, 0.1) is 0 Å². The van der Waals surface area contributed by atoms with Gasteiger partial charge in [0.2, 0.25) is 0 Å². The first-order valence-electron chi connectivity index (χ1n) is 10.1. The van der Waals surface area contributed by atoms with Crippen LogP contribution in [0, 0.1) is 23.3 Å². The number of hydrogen-bond acceptors (Lipinski definition) is 3. The molecule has 0 saturated heterocycles. The molecule has 0 saturated carbocycles. The quantitative estimate of drug-likeness (QED) is 0.241. The van der Waals surface area contributed by atoms with Crippen molar-refractivity contribution >= 4 is 11.6 Å². The van der Waals surface area contributed by atoms with Crippen LogP contribution in [0.2, 0.25) is 0 Å². The van der Waals surface area contributed by atoms with Crippen LogP contribution in [0.1, 0.15) is 16.1 Å². The van der Waals surface area contributed by atoms with Gasteiger partial charge in [0.25, 0.3) is 5.91 Å². The highest BCUT2D eigenvalue weighted by molar-refractivity contribution is 6.03. The van der Waals surface area contributed by atoms with Crippen LogP contribution in [-0.2, 0) is 12.9 Å². The molecule has 0 atom stereocenters. The molecule has 1 aromatic heterocycles. The molecule has 0 spiro atoms. The van der Waals surface area contributed by atoms with E-state index in [1.807, 2.05) is 42.5 Å². The summed E-state index contributed by atoms with van der Waals surface area (Å²) in [5, 5.41) is 5.33. The van der Waals surface area contributed by atoms with E-state index < -0.39 is 52.3 Å². The molecule has 0 fully saturated rings. The van der Waals surface area contributed by atoms with E-state index in [4.69, 9.17) is 4.74 Å². The van der Waals surface area contributed by atoms with E-state index in [1.165, 1.54) is 11.5 Å². The summed E-state index contributed by atoms with van der Waals surface area (Å²) in [5.74, 6) is -11.0. The van der Waals surface area contributed by atoms with Crippen LogP contribution in [0.5, 0.6) is 5.75 Å². The van der Waals surface area contributed by atoms with Crippen LogP contribution < -0.4 is 10.1 Å². The first-order chi connectivity index (χ1) is 17.1. The van der Waals surface area contributed by atoms with Crippen molar-refractivity contribution in [3.63, 3.8) is 0 Å². The van der Waals surface area contributed by atoms with Gasteiger partial charge in [-0.2, -0.15) is 18.3 Å². The van der Waals surface area contributed by atoms with Crippen LogP contribution in [-0.4, -0.2) is 15.7 Å². The summed E-state index contributed by atoms with van der Waals surface area (Å²) in [6, 6.07) is 17.8. The Morgan fingerprint density at radius 3 is 2.00 bits per heavy atom. The second-order valence-electron chi connectivity index (χ2n) is 7.36. The first-order valence-corrected chi connectivity index (χ1v) is 10.1. The van der Waals surface area contributed by atoms with Crippen molar-refractivity contribution in [1.82, 2.24) is 9.78 Å². The van der Waals surface area contributed by atoms with E-state index in [0.717, 1.165) is 21.9 Å². The minimum atomic E-state index is -5.70. The van der Waals surface area contributed by atoms with Crippen molar-refractivity contribution in [3.05, 3.63) is 101 Å². The highest BCUT2D eigenvalue weighted by atomic mass is 19.4. The summed E-state index contributed by atoms with van der Waals surface area (Å²) in [7, 11) is 0. The summed E-state index contributed by atoms with van der Waals surface area (Å²) < 4.78 is 100. The molecule has 12 heteroatoms. The number of carbonyl (C=O) groups is 1. The number of benzene rings is 3. The van der Waals surface area contributed by atoms with Gasteiger partial charge in [-0.15, -0.1) is 0 Å². The Balaban J connectivity index is 1.44. The third-order valence-corrected chi connectivity index (χ3v) is 4.98. The summed E-state index contributed by atoms with van der Waals surface area (Å²) in [5.41, 5.74) is -2.94. The maximum absolute atomic E-state index is 14.0. The van der Waals surface area contributed by atoms with Crippen LogP contribution in [0.4, 0.5) is 36.4 Å². The van der Waals surface area contributed by atoms with Gasteiger partial charge in [-0.3, -0.25) is 4.79 Å². The maximum atomic E-state index is 14.0. The van der Waals surface area contributed by atoms with E-state index in [-0.39, 0.29) is 6.73 Å². The summed E-state index contributed by atoms with van der Waals surface area (Å²) in [6.07, 6.45) is -4.42. The summed E-state index contributed by atoms with van der Waals surface area (Å²) in [4.78, 5) is 12.3. The molecule has 4 aromatic rings. The van der Waals surface area contributed by atoms with Crippen LogP contribution in [0.25, 0.3) is 11.1 Å². The minimum Gasteiger partial charge on any atom is -0.471 e. The van der Waals surface area contributed by atoms with E-state index in [9.17, 15) is 35.5 Å². The molecule has 186 valence electrons. The number of amides is 1. The number of rotatable bonds is 6. The molecule has 0 aliphatic heterocycles. The number of ether oxygens (including phenoxy) is 1. The van der Waals surface area contributed by atoms with Crippen molar-refractivity contribution in [2.75, 3.05) is 5.32 Å². The number of aromatic nitrogens is 2. The number of anilines is 1. The Bertz CT molecular complexity index is 1370. The smallest absolute Gasteiger partial charge is 0.422 e. The molecule has 0 bridgehead atoms. The van der Waals surface area contributed by atoms with Gasteiger partial charge in [-0.1, -0.05) is 42.5 Å². The normalized spacial score (nSPS) is 11.4. The number of carbonyl (C=O) groups excluding carboxylic acids is 1. The lowest BCUT2D eigenvalue weighted by atomic mass is 10.1. The van der Waals surface area contributed by atoms with Crippen molar-refractivity contribution in [3.8, 4) is 16.9 Å². The van der Waals surface area contributed by atoms with Crippen molar-refractivity contribution in [1.29, 1.82) is 0 Å². The molecule has 3 aromatic carbocycles. The Hall–Kier alpha value is -4.35. The number of halogens is 7. The lowest BCUT2D eigenvalue weighted by Crippen LogP contribution is -2.20. The molecule has 1 heterocycles. The van der Waals surface area contributed by atoms with Gasteiger partial charge in [0.15, 0.2) is 35.7 Å². The lowest BCUT2D eigenvalue weighted by molar-refractivity contribution is -0.143. The lowest BCUT2D eigenvalue weighted by Gasteiger charge is -2.14. The number of hydrogen-bond donors (Lipinski definition) is 1. The molecule has 1 amide bonds. The molecule has 0 unspecified atom stereocenters. The molecule has 5 nitrogen and oxygen atoms in total. The summed E-state index contributed by atoms with van der Waals surface area (Å²) >= 11 is 0. The molecular weight excluding hydrogens is 495 g/mol. The molecule has 0 radical (unpaired) electrons. The topological polar surface area (TPSA) is 56.2 Å². The van der Waals surface area contributed by atoms with Crippen LogP contribution in [0.15, 0.2) is 66.9 Å². The highest BCUT2D eigenvalue weighted by Crippen LogP contribution is 2.38. The van der Waals surface area contributed by atoms with Crippen molar-refractivity contribution < 1.29 is 40.3 Å². The molecule has 0 aliphatic rings. The Labute approximate surface area is 198 Å². The van der Waals surface area contributed by atoms with E-state index in [0.29, 0.717) is 5.75 Å². The molecule has 1 N–H and O–H groups in total. The second-order valence-corrected chi connectivity index (χ2v) is 7.36. The zero-order chi connectivity index (χ0) is 26.0. The highest BCUT2D eigenvalue weighted by Gasteiger charge is 2.42. The van der Waals surface area contributed by atoms with E-state index in [1.54, 1.807) is 12.1 Å². The fourth-order valence-electron chi connectivity index (χ4n) is 3.24. The Morgan fingerprint density at radius 2 is 1.42 bits per heavy atom. The molecule has 36 heavy (non-hydrogen) atoms. The third kappa shape index (κ3) is 5.02. The third-order valence-electron chi connectivity index (χ3n) is 4.98. The molecule has 0 aliphatic carbocycles. The number of nitrogens with zero attached hydrogens (tertiary/aromatic N) is 2. The first kappa shape index (κ1) is 24.8. The van der Waals surface area contributed by atoms with Gasteiger partial charge in [0.1, 0.15) is 17.0 Å². The largest absolute Gasteiger partial charge is 0.471 e. The van der Waals surface area contributed by atoms with Crippen LogP contribution in [0.3, 0.4) is 0 Å². The van der Waals surface area contributed by atoms with Crippen molar-refractivity contribution in [2.45, 2.75) is 12.9 Å². The Kier molecular flexibility index (Phi) is 6.69. The minimum absolute atomic E-state index is 0.176. The summed E-state index contributed by atoms with van der Waals surface area (Å²) in [6.45, 7) is -0.176. The maximum Gasteiger partial charge on any atom is 0.422 e. The molecular formula is C24H14F7N3O2. The SMILES string of the molecule is O=C(Nc1c(F)c(F)c(C(F)(F)F)c(F)c1F)c1ccn(COc2ccc(-c3ccccc3)cc2)n1. The van der Waals surface area contributed by atoms with Crippen molar-refractivity contribution in [2.24, 2.45) is 0 Å². The van der Waals surface area contributed by atoms with E-state index in [2.05, 4.69) is 5.10 Å². The van der Waals surface area contributed by atoms with Crippen LogP contribution >= 0.6 is 0 Å². The average Bonchev–Trinajstić information content (AvgIpc) is 3.33. The second kappa shape index (κ2) is 9.72. The fraction of sp³-hybridized carbons (Fsp3) is 0.0833. The predicted octanol–water partition coefficient (Wildman–Crippen LogP) is 6.41. The van der Waals surface area contributed by atoms with Gasteiger partial charge in [-0.05, 0) is 29.3 Å². The zero-order valence-electron chi connectivity index (χ0n) is 17.9. The molecule has 4 rings (SSSR count). The Morgan fingerprint density at radius 1 is 0.833 bits per heavy atom. The zero-order valence-corrected chi connectivity index (χ0v) is 17.9. The number of alkyl halides is 3. The van der Waals surface area contributed by atoms with Gasteiger partial charge in [-0.25, -0.2) is 22.2 Å². The number of nitrogens with one attached hydrogen (secondary N) is 1. The van der Waals surface area contributed by atoms with Gasteiger partial charge >= 0.3 is 6.18 Å². The average molecular weight is 509 g/mol. The fourth-order valence-corrected chi connectivity index (χ4v) is 3.24. The van der Waals surface area contributed by atoms with E-state index >= 15 is 0 Å². The predicted molar refractivity (Wildman–Crippen MR) is 114 cm³/mol. The monoisotopic (exact) mass is 509 g/mol. The standard InChI is InChI=1S/C24H14F7N3O2/c25-18-17(24(29,30)31)19(26)21(28)22(20(18)27)32-23(35)16-10-11-34(33-16)12-36-15-8-6-14(7-9-15)13-4-2-1-3-5-13/h1-11H,12H2,(H,32,35). The van der Waals surface area contributed by atoms with Gasteiger partial charge < -0.3 is 10.1 Å².